The summed E-state index contributed by atoms with van der Waals surface area (Å²) in [5.74, 6) is 1.14. The second-order valence-electron chi connectivity index (χ2n) is 5.91. The first kappa shape index (κ1) is 13.4. The summed E-state index contributed by atoms with van der Waals surface area (Å²) in [7, 11) is 3.78. The number of carbonyl (C=O) groups excluding carboxylic acids is 1. The molecule has 0 N–H and O–H groups in total. The maximum absolute atomic E-state index is 12.9. The lowest BCUT2D eigenvalue weighted by molar-refractivity contribution is -0.135. The van der Waals surface area contributed by atoms with Crippen LogP contribution in [0.2, 0.25) is 0 Å². The molecule has 1 saturated carbocycles. The Hall–Kier alpha value is -1.55. The molecule has 20 heavy (non-hydrogen) atoms. The second kappa shape index (κ2) is 5.09. The lowest BCUT2D eigenvalue weighted by Gasteiger charge is -2.35. The van der Waals surface area contributed by atoms with Crippen molar-refractivity contribution in [1.82, 2.24) is 9.80 Å². The molecule has 0 aromatic heterocycles. The van der Waals surface area contributed by atoms with Crippen LogP contribution in [0.5, 0.6) is 5.75 Å². The van der Waals surface area contributed by atoms with Crippen molar-refractivity contribution < 1.29 is 9.53 Å². The molecule has 0 bridgehead atoms. The number of ether oxygens (including phenoxy) is 1. The normalized spacial score (nSPS) is 21.6. The Morgan fingerprint density at radius 3 is 2.50 bits per heavy atom. The highest BCUT2D eigenvalue weighted by Gasteiger charge is 2.53. The molecule has 1 aromatic rings. The third kappa shape index (κ3) is 2.29. The minimum Gasteiger partial charge on any atom is -0.497 e. The largest absolute Gasteiger partial charge is 0.497 e. The fourth-order valence-electron chi connectivity index (χ4n) is 2.98. The van der Waals surface area contributed by atoms with Crippen molar-refractivity contribution in [1.29, 1.82) is 0 Å². The molecule has 1 amide bonds. The highest BCUT2D eigenvalue weighted by atomic mass is 16.5. The van der Waals surface area contributed by atoms with Crippen LogP contribution in [0.3, 0.4) is 0 Å². The summed E-state index contributed by atoms with van der Waals surface area (Å²) in [6.45, 7) is 3.64. The standard InChI is InChI=1S/C16H22N2O2/c1-17-8-10-18(11-9-17)15(19)16(6-7-16)13-4-3-5-14(12-13)20-2/h3-5,12H,6-11H2,1-2H3. The molecular weight excluding hydrogens is 252 g/mol. The Morgan fingerprint density at radius 2 is 1.90 bits per heavy atom. The fraction of sp³-hybridized carbons (Fsp3) is 0.562. The minimum absolute atomic E-state index is 0.273. The number of carbonyl (C=O) groups is 1. The molecule has 108 valence electrons. The maximum atomic E-state index is 12.9. The van der Waals surface area contributed by atoms with Gasteiger partial charge in [-0.15, -0.1) is 0 Å². The Labute approximate surface area is 120 Å². The van der Waals surface area contributed by atoms with E-state index in [4.69, 9.17) is 4.74 Å². The van der Waals surface area contributed by atoms with Gasteiger partial charge >= 0.3 is 0 Å². The number of nitrogens with zero attached hydrogens (tertiary/aromatic N) is 2. The van der Waals surface area contributed by atoms with E-state index in [-0.39, 0.29) is 5.41 Å². The molecular formula is C16H22N2O2. The van der Waals surface area contributed by atoms with Crippen LogP contribution in [-0.2, 0) is 10.2 Å². The van der Waals surface area contributed by atoms with Crippen molar-refractivity contribution in [2.75, 3.05) is 40.3 Å². The van der Waals surface area contributed by atoms with Gasteiger partial charge in [0.1, 0.15) is 5.75 Å². The molecule has 0 spiro atoms. The van der Waals surface area contributed by atoms with Crippen LogP contribution in [0.4, 0.5) is 0 Å². The molecule has 2 aliphatic rings. The van der Waals surface area contributed by atoms with Gasteiger partial charge in [0.25, 0.3) is 0 Å². The second-order valence-corrected chi connectivity index (χ2v) is 5.91. The van der Waals surface area contributed by atoms with Crippen LogP contribution in [-0.4, -0.2) is 56.0 Å². The Bertz CT molecular complexity index is 503. The summed E-state index contributed by atoms with van der Waals surface area (Å²) in [5.41, 5.74) is 0.838. The van der Waals surface area contributed by atoms with E-state index >= 15 is 0 Å². The number of methoxy groups -OCH3 is 1. The van der Waals surface area contributed by atoms with Crippen LogP contribution in [0.15, 0.2) is 24.3 Å². The first-order chi connectivity index (χ1) is 9.65. The minimum atomic E-state index is -0.273. The smallest absolute Gasteiger partial charge is 0.233 e. The van der Waals surface area contributed by atoms with Gasteiger partial charge in [-0.2, -0.15) is 0 Å². The summed E-state index contributed by atoms with van der Waals surface area (Å²) in [5, 5.41) is 0. The highest BCUT2D eigenvalue weighted by molar-refractivity contribution is 5.91. The van der Waals surface area contributed by atoms with Crippen molar-refractivity contribution in [3.8, 4) is 5.75 Å². The summed E-state index contributed by atoms with van der Waals surface area (Å²) in [4.78, 5) is 17.2. The van der Waals surface area contributed by atoms with Crippen molar-refractivity contribution >= 4 is 5.91 Å². The van der Waals surface area contributed by atoms with Crippen LogP contribution in [0.1, 0.15) is 18.4 Å². The lowest BCUT2D eigenvalue weighted by Crippen LogP contribution is -2.50. The monoisotopic (exact) mass is 274 g/mol. The van der Waals surface area contributed by atoms with Crippen molar-refractivity contribution in [3.05, 3.63) is 29.8 Å². The Balaban J connectivity index is 1.79. The first-order valence-corrected chi connectivity index (χ1v) is 7.28. The molecule has 4 nitrogen and oxygen atoms in total. The third-order valence-electron chi connectivity index (χ3n) is 4.57. The third-order valence-corrected chi connectivity index (χ3v) is 4.57. The molecule has 1 aliphatic carbocycles. The van der Waals surface area contributed by atoms with E-state index in [9.17, 15) is 4.79 Å². The average Bonchev–Trinajstić information content (AvgIpc) is 3.29. The molecule has 2 fully saturated rings. The van der Waals surface area contributed by atoms with Gasteiger partial charge in [-0.05, 0) is 37.6 Å². The van der Waals surface area contributed by atoms with Crippen molar-refractivity contribution in [2.24, 2.45) is 0 Å². The van der Waals surface area contributed by atoms with E-state index in [1.54, 1.807) is 7.11 Å². The predicted molar refractivity (Wildman–Crippen MR) is 78.0 cm³/mol. The van der Waals surface area contributed by atoms with Gasteiger partial charge in [-0.3, -0.25) is 4.79 Å². The molecule has 3 rings (SSSR count). The predicted octanol–water partition coefficient (Wildman–Crippen LogP) is 1.50. The van der Waals surface area contributed by atoms with E-state index in [0.29, 0.717) is 5.91 Å². The number of benzene rings is 1. The van der Waals surface area contributed by atoms with Crippen LogP contribution in [0, 0.1) is 0 Å². The number of hydrogen-bond donors (Lipinski definition) is 0. The van der Waals surface area contributed by atoms with Gasteiger partial charge in [-0.25, -0.2) is 0 Å². The number of amides is 1. The summed E-state index contributed by atoms with van der Waals surface area (Å²) in [6, 6.07) is 7.98. The molecule has 0 atom stereocenters. The molecule has 1 saturated heterocycles. The average molecular weight is 274 g/mol. The van der Waals surface area contributed by atoms with Gasteiger partial charge in [0.15, 0.2) is 0 Å². The summed E-state index contributed by atoms with van der Waals surface area (Å²) in [6.07, 6.45) is 1.93. The van der Waals surface area contributed by atoms with E-state index < -0.39 is 0 Å². The van der Waals surface area contributed by atoms with Crippen LogP contribution >= 0.6 is 0 Å². The quantitative estimate of drug-likeness (QED) is 0.837. The lowest BCUT2D eigenvalue weighted by atomic mass is 9.93. The summed E-state index contributed by atoms with van der Waals surface area (Å²) >= 11 is 0. The van der Waals surface area contributed by atoms with Gasteiger partial charge < -0.3 is 14.5 Å². The van der Waals surface area contributed by atoms with Crippen molar-refractivity contribution in [3.63, 3.8) is 0 Å². The first-order valence-electron chi connectivity index (χ1n) is 7.28. The molecule has 0 unspecified atom stereocenters. The molecule has 4 heteroatoms. The van der Waals surface area contributed by atoms with Crippen LogP contribution < -0.4 is 4.74 Å². The fourth-order valence-corrected chi connectivity index (χ4v) is 2.98. The molecule has 0 radical (unpaired) electrons. The van der Waals surface area contributed by atoms with Crippen LogP contribution in [0.25, 0.3) is 0 Å². The van der Waals surface area contributed by atoms with Gasteiger partial charge in [0.05, 0.1) is 12.5 Å². The SMILES string of the molecule is COc1cccc(C2(C(=O)N3CCN(C)CC3)CC2)c1. The van der Waals surface area contributed by atoms with Gasteiger partial charge in [-0.1, -0.05) is 12.1 Å². The van der Waals surface area contributed by atoms with E-state index in [1.165, 1.54) is 0 Å². The zero-order valence-corrected chi connectivity index (χ0v) is 12.3. The summed E-state index contributed by atoms with van der Waals surface area (Å²) < 4.78 is 5.29. The van der Waals surface area contributed by atoms with E-state index in [1.807, 2.05) is 23.1 Å². The molecule has 1 aliphatic heterocycles. The topological polar surface area (TPSA) is 32.8 Å². The zero-order chi connectivity index (χ0) is 14.2. The molecule has 1 heterocycles. The van der Waals surface area contributed by atoms with E-state index in [2.05, 4.69) is 18.0 Å². The number of hydrogen-bond acceptors (Lipinski definition) is 3. The highest BCUT2D eigenvalue weighted by Crippen LogP contribution is 2.50. The van der Waals surface area contributed by atoms with Gasteiger partial charge in [0.2, 0.25) is 5.91 Å². The Morgan fingerprint density at radius 1 is 1.20 bits per heavy atom. The number of rotatable bonds is 3. The Kier molecular flexibility index (Phi) is 3.42. The maximum Gasteiger partial charge on any atom is 0.233 e. The number of piperazine rings is 1. The van der Waals surface area contributed by atoms with Gasteiger partial charge in [0, 0.05) is 26.2 Å². The zero-order valence-electron chi connectivity index (χ0n) is 12.3. The molecule has 1 aromatic carbocycles. The number of likely N-dealkylation sites (N-methyl/N-ethyl adjacent to an activating group) is 1. The van der Waals surface area contributed by atoms with E-state index in [0.717, 1.165) is 50.3 Å². The van der Waals surface area contributed by atoms with Crippen molar-refractivity contribution in [2.45, 2.75) is 18.3 Å².